The highest BCUT2D eigenvalue weighted by Crippen LogP contribution is 2.60. The molecule has 35 heavy (non-hydrogen) atoms. The van der Waals surface area contributed by atoms with Crippen molar-refractivity contribution < 1.29 is 30.0 Å². The molecule has 1 aliphatic heterocycles. The molecule has 0 aromatic carbocycles. The minimum atomic E-state index is -1.47. The van der Waals surface area contributed by atoms with Crippen LogP contribution in [-0.4, -0.2) is 94.5 Å². The maximum Gasteiger partial charge on any atom is 0.240 e. The first-order valence-electron chi connectivity index (χ1n) is 14.1. The highest BCUT2D eigenvalue weighted by atomic mass is 16.5. The van der Waals surface area contributed by atoms with Gasteiger partial charge < -0.3 is 30.5 Å². The number of unbranched alkanes of at least 4 members (excludes halogenated alkanes) is 3. The van der Waals surface area contributed by atoms with E-state index in [1.54, 1.807) is 4.90 Å². The van der Waals surface area contributed by atoms with E-state index in [4.69, 9.17) is 4.74 Å². The predicted molar refractivity (Wildman–Crippen MR) is 133 cm³/mol. The maximum absolute atomic E-state index is 12.9. The molecular formula is C27H48N2O6. The number of likely N-dealkylation sites (tertiary alicyclic amines) is 1. The highest BCUT2D eigenvalue weighted by Gasteiger charge is 2.51. The van der Waals surface area contributed by atoms with Crippen molar-refractivity contribution in [1.29, 1.82) is 0 Å². The first kappa shape index (κ1) is 27.3. The Bertz CT molecular complexity index is 655. The zero-order valence-electron chi connectivity index (χ0n) is 21.5. The number of hydrogen-bond acceptors (Lipinski definition) is 7. The molecule has 5 rings (SSSR count). The third kappa shape index (κ3) is 6.21. The van der Waals surface area contributed by atoms with E-state index in [1.165, 1.54) is 38.5 Å². The molecule has 5 aliphatic rings. The van der Waals surface area contributed by atoms with Crippen LogP contribution in [0.4, 0.5) is 0 Å². The van der Waals surface area contributed by atoms with Crippen molar-refractivity contribution in [3.05, 3.63) is 0 Å². The standard InChI is InChI=1S/C27H48N2O6/c1-2-3-8-29-21(16-30)23(31)25(33)24(32)22(29)26(34)28-7-5-4-6-9-35-17-27-13-18-10-19(14-27)12-20(11-18)15-27/h18-25,30-33H,2-17H2,1H3,(H,28,34)/t18?,19?,20?,21-,22+,23-,24+,25+,27?/m1/s1. The first-order chi connectivity index (χ1) is 16.9. The molecule has 4 bridgehead atoms. The van der Waals surface area contributed by atoms with Gasteiger partial charge in [-0.05, 0) is 93.9 Å². The number of carbonyl (C=O) groups is 1. The summed E-state index contributed by atoms with van der Waals surface area (Å²) >= 11 is 0. The Balaban J connectivity index is 1.14. The molecule has 8 heteroatoms. The number of piperidine rings is 1. The number of carbonyl (C=O) groups excluding carboxylic acids is 1. The van der Waals surface area contributed by atoms with Gasteiger partial charge in [-0.2, -0.15) is 0 Å². The summed E-state index contributed by atoms with van der Waals surface area (Å²) in [5.41, 5.74) is 0.456. The third-order valence-corrected chi connectivity index (χ3v) is 9.26. The summed E-state index contributed by atoms with van der Waals surface area (Å²) in [6.45, 7) is 4.26. The van der Waals surface area contributed by atoms with Crippen molar-refractivity contribution in [2.24, 2.45) is 23.2 Å². The Morgan fingerprint density at radius 3 is 2.20 bits per heavy atom. The van der Waals surface area contributed by atoms with Crippen LogP contribution in [0.2, 0.25) is 0 Å². The van der Waals surface area contributed by atoms with Crippen LogP contribution in [0.15, 0.2) is 0 Å². The summed E-state index contributed by atoms with van der Waals surface area (Å²) in [7, 11) is 0. The number of nitrogens with one attached hydrogen (secondary N) is 1. The first-order valence-corrected chi connectivity index (χ1v) is 14.1. The number of rotatable bonds is 13. The lowest BCUT2D eigenvalue weighted by Gasteiger charge is -2.56. The maximum atomic E-state index is 12.9. The van der Waals surface area contributed by atoms with E-state index in [9.17, 15) is 25.2 Å². The minimum Gasteiger partial charge on any atom is -0.395 e. The summed E-state index contributed by atoms with van der Waals surface area (Å²) in [6, 6.07) is -1.76. The van der Waals surface area contributed by atoms with Crippen molar-refractivity contribution in [1.82, 2.24) is 10.2 Å². The van der Waals surface area contributed by atoms with Crippen LogP contribution >= 0.6 is 0 Å². The van der Waals surface area contributed by atoms with Crippen LogP contribution in [0.25, 0.3) is 0 Å². The largest absolute Gasteiger partial charge is 0.395 e. The Kier molecular flexibility index (Phi) is 9.49. The van der Waals surface area contributed by atoms with Gasteiger partial charge >= 0.3 is 0 Å². The van der Waals surface area contributed by atoms with Gasteiger partial charge in [0.15, 0.2) is 0 Å². The second-order valence-electron chi connectivity index (χ2n) is 12.1. The third-order valence-electron chi connectivity index (χ3n) is 9.26. The Morgan fingerprint density at radius 2 is 1.60 bits per heavy atom. The van der Waals surface area contributed by atoms with Crippen molar-refractivity contribution >= 4 is 5.91 Å². The highest BCUT2D eigenvalue weighted by molar-refractivity contribution is 5.82. The normalized spacial score (nSPS) is 40.8. The summed E-state index contributed by atoms with van der Waals surface area (Å²) in [6.07, 6.45) is 8.70. The lowest BCUT2D eigenvalue weighted by atomic mass is 9.50. The van der Waals surface area contributed by atoms with E-state index in [0.717, 1.165) is 63.1 Å². The van der Waals surface area contributed by atoms with Crippen LogP contribution in [-0.2, 0) is 9.53 Å². The quantitative estimate of drug-likeness (QED) is 0.245. The molecular weight excluding hydrogens is 448 g/mol. The van der Waals surface area contributed by atoms with Gasteiger partial charge in [-0.1, -0.05) is 13.3 Å². The zero-order chi connectivity index (χ0) is 25.0. The van der Waals surface area contributed by atoms with E-state index >= 15 is 0 Å². The van der Waals surface area contributed by atoms with Crippen LogP contribution in [0, 0.1) is 23.2 Å². The molecule has 1 saturated heterocycles. The monoisotopic (exact) mass is 496 g/mol. The van der Waals surface area contributed by atoms with Crippen LogP contribution < -0.4 is 5.32 Å². The lowest BCUT2D eigenvalue weighted by molar-refractivity contribution is -0.178. The molecule has 5 fully saturated rings. The topological polar surface area (TPSA) is 122 Å². The second kappa shape index (κ2) is 12.2. The molecule has 0 spiro atoms. The number of hydrogen-bond donors (Lipinski definition) is 5. The number of nitrogens with zero attached hydrogens (tertiary/aromatic N) is 1. The summed E-state index contributed by atoms with van der Waals surface area (Å²) in [4.78, 5) is 14.6. The average molecular weight is 497 g/mol. The van der Waals surface area contributed by atoms with Gasteiger partial charge in [0.1, 0.15) is 24.4 Å². The van der Waals surface area contributed by atoms with Crippen molar-refractivity contribution in [3.8, 4) is 0 Å². The summed E-state index contributed by atoms with van der Waals surface area (Å²) in [5.74, 6) is 2.49. The van der Waals surface area contributed by atoms with Gasteiger partial charge in [0.2, 0.25) is 5.91 Å². The smallest absolute Gasteiger partial charge is 0.240 e. The fourth-order valence-electron chi connectivity index (χ4n) is 7.96. The van der Waals surface area contributed by atoms with E-state index in [0.29, 0.717) is 18.5 Å². The molecule has 8 nitrogen and oxygen atoms in total. The summed E-state index contributed by atoms with van der Waals surface area (Å²) < 4.78 is 6.15. The molecule has 0 aromatic heterocycles. The Morgan fingerprint density at radius 1 is 0.943 bits per heavy atom. The minimum absolute atomic E-state index is 0.365. The molecule has 0 unspecified atom stereocenters. The number of ether oxygens (including phenoxy) is 1. The van der Waals surface area contributed by atoms with Gasteiger partial charge in [-0.25, -0.2) is 0 Å². The van der Waals surface area contributed by atoms with Crippen LogP contribution in [0.3, 0.4) is 0 Å². The van der Waals surface area contributed by atoms with E-state index < -0.39 is 30.4 Å². The SMILES string of the molecule is CCCCN1[C@H](CO)[C@@H](O)[C@H](O)[C@@H](O)[C@H]1C(=O)NCCCCCOCC12CC3CC(CC(C3)C1)C2. The van der Waals surface area contributed by atoms with Crippen molar-refractivity contribution in [2.75, 3.05) is 32.9 Å². The fourth-order valence-corrected chi connectivity index (χ4v) is 7.96. The van der Waals surface area contributed by atoms with Crippen LogP contribution in [0.5, 0.6) is 0 Å². The Hall–Kier alpha value is -0.770. The molecule has 5 N–H and O–H groups in total. The number of aliphatic hydroxyl groups is 4. The number of aliphatic hydroxyl groups excluding tert-OH is 4. The van der Waals surface area contributed by atoms with Gasteiger partial charge in [0.25, 0.3) is 0 Å². The average Bonchev–Trinajstić information content (AvgIpc) is 2.82. The van der Waals surface area contributed by atoms with E-state index in [1.807, 2.05) is 6.92 Å². The van der Waals surface area contributed by atoms with Gasteiger partial charge in [0, 0.05) is 13.2 Å². The Labute approximate surface area is 210 Å². The summed E-state index contributed by atoms with van der Waals surface area (Å²) in [5, 5.41) is 43.7. The van der Waals surface area contributed by atoms with Gasteiger partial charge in [-0.15, -0.1) is 0 Å². The lowest BCUT2D eigenvalue weighted by Crippen LogP contribution is -2.70. The van der Waals surface area contributed by atoms with Crippen molar-refractivity contribution in [3.63, 3.8) is 0 Å². The van der Waals surface area contributed by atoms with Gasteiger partial charge in [0.05, 0.1) is 19.3 Å². The predicted octanol–water partition coefficient (Wildman–Crippen LogP) is 1.43. The molecule has 4 saturated carbocycles. The molecule has 1 heterocycles. The van der Waals surface area contributed by atoms with E-state index in [-0.39, 0.29) is 12.5 Å². The van der Waals surface area contributed by atoms with Gasteiger partial charge in [-0.3, -0.25) is 9.69 Å². The fraction of sp³-hybridized carbons (Fsp3) is 0.963. The molecule has 5 atom stereocenters. The molecule has 0 radical (unpaired) electrons. The molecule has 4 aliphatic carbocycles. The molecule has 1 amide bonds. The molecule has 202 valence electrons. The van der Waals surface area contributed by atoms with Crippen molar-refractivity contribution in [2.45, 2.75) is 108 Å². The van der Waals surface area contributed by atoms with Crippen LogP contribution in [0.1, 0.15) is 77.6 Å². The number of amides is 1. The second-order valence-corrected chi connectivity index (χ2v) is 12.1. The van der Waals surface area contributed by atoms with E-state index in [2.05, 4.69) is 5.32 Å². The molecule has 0 aromatic rings. The zero-order valence-corrected chi connectivity index (χ0v) is 21.5.